The van der Waals surface area contributed by atoms with Crippen LogP contribution in [0.5, 0.6) is 11.6 Å². The fourth-order valence-electron chi connectivity index (χ4n) is 1.45. The molecule has 0 bridgehead atoms. The van der Waals surface area contributed by atoms with Crippen molar-refractivity contribution in [1.29, 1.82) is 0 Å². The van der Waals surface area contributed by atoms with E-state index in [9.17, 15) is 0 Å². The Morgan fingerprint density at radius 3 is 2.58 bits per heavy atom. The first-order valence-corrected chi connectivity index (χ1v) is 5.55. The van der Waals surface area contributed by atoms with Gasteiger partial charge in [-0.1, -0.05) is 23.4 Å². The number of aliphatic hydroxyl groups excluding tert-OH is 1. The van der Waals surface area contributed by atoms with Crippen LogP contribution < -0.4 is 10.5 Å². The first kappa shape index (κ1) is 12.8. The Kier molecular flexibility index (Phi) is 3.94. The van der Waals surface area contributed by atoms with E-state index in [1.54, 1.807) is 42.5 Å². The smallest absolute Gasteiger partial charge is 0.219 e. The number of nitrogens with two attached hydrogens (primary N) is 1. The monoisotopic (exact) mass is 259 g/mol. The van der Waals surface area contributed by atoms with Crippen LogP contribution in [0.2, 0.25) is 0 Å². The summed E-state index contributed by atoms with van der Waals surface area (Å²) in [6, 6.07) is 11.9. The van der Waals surface area contributed by atoms with E-state index in [1.807, 2.05) is 0 Å². The third-order valence-corrected chi connectivity index (χ3v) is 2.42. The van der Waals surface area contributed by atoms with Gasteiger partial charge in [0, 0.05) is 6.07 Å². The van der Waals surface area contributed by atoms with Crippen molar-refractivity contribution in [2.75, 3.05) is 0 Å². The van der Waals surface area contributed by atoms with Gasteiger partial charge in [-0.05, 0) is 23.8 Å². The molecule has 0 fully saturated rings. The molecule has 0 amide bonds. The number of amidine groups is 1. The largest absolute Gasteiger partial charge is 0.439 e. The maximum atomic E-state index is 8.94. The zero-order valence-electron chi connectivity index (χ0n) is 10.0. The highest BCUT2D eigenvalue weighted by molar-refractivity contribution is 5.95. The van der Waals surface area contributed by atoms with E-state index in [0.29, 0.717) is 17.3 Å². The van der Waals surface area contributed by atoms with Crippen LogP contribution in [0.4, 0.5) is 0 Å². The fraction of sp³-hybridized carbons (Fsp3) is 0.0769. The number of aromatic nitrogens is 1. The van der Waals surface area contributed by atoms with Gasteiger partial charge in [-0.15, -0.1) is 0 Å². The molecule has 0 aliphatic carbocycles. The Balaban J connectivity index is 2.18. The third-order valence-electron chi connectivity index (χ3n) is 2.42. The van der Waals surface area contributed by atoms with Crippen LogP contribution in [0.3, 0.4) is 0 Å². The van der Waals surface area contributed by atoms with E-state index in [0.717, 1.165) is 5.56 Å². The number of nitrogens with zero attached hydrogens (tertiary/aromatic N) is 2. The summed E-state index contributed by atoms with van der Waals surface area (Å²) in [4.78, 5) is 4.09. The van der Waals surface area contributed by atoms with E-state index < -0.39 is 0 Å². The zero-order chi connectivity index (χ0) is 13.7. The minimum absolute atomic E-state index is 0.0164. The molecule has 1 heterocycles. The molecule has 2 aromatic rings. The summed E-state index contributed by atoms with van der Waals surface area (Å²) >= 11 is 0. The predicted octanol–water partition coefficient (Wildman–Crippen LogP) is 1.46. The molecule has 0 atom stereocenters. The van der Waals surface area contributed by atoms with Gasteiger partial charge < -0.3 is 20.8 Å². The lowest BCUT2D eigenvalue weighted by atomic mass is 10.2. The molecular weight excluding hydrogens is 246 g/mol. The Labute approximate surface area is 109 Å². The van der Waals surface area contributed by atoms with Crippen LogP contribution >= 0.6 is 0 Å². The van der Waals surface area contributed by atoms with Gasteiger partial charge in [-0.25, -0.2) is 4.98 Å². The average molecular weight is 259 g/mol. The molecule has 0 aliphatic heterocycles. The number of rotatable bonds is 4. The highest BCUT2D eigenvalue weighted by Crippen LogP contribution is 2.20. The summed E-state index contributed by atoms with van der Waals surface area (Å²) in [5, 5.41) is 20.4. The summed E-state index contributed by atoms with van der Waals surface area (Å²) < 4.78 is 5.53. The highest BCUT2D eigenvalue weighted by atomic mass is 16.5. The third kappa shape index (κ3) is 3.20. The molecule has 4 N–H and O–H groups in total. The topological polar surface area (TPSA) is 101 Å². The molecule has 6 heteroatoms. The molecule has 0 saturated carbocycles. The quantitative estimate of drug-likeness (QED) is 0.334. The summed E-state index contributed by atoms with van der Waals surface area (Å²) in [6.07, 6.45) is 0. The lowest BCUT2D eigenvalue weighted by Gasteiger charge is -2.06. The van der Waals surface area contributed by atoms with Crippen molar-refractivity contribution in [2.24, 2.45) is 10.9 Å². The van der Waals surface area contributed by atoms with E-state index in [-0.39, 0.29) is 12.4 Å². The maximum absolute atomic E-state index is 8.94. The minimum Gasteiger partial charge on any atom is -0.439 e. The molecule has 6 nitrogen and oxygen atoms in total. The van der Waals surface area contributed by atoms with Gasteiger partial charge >= 0.3 is 0 Å². The predicted molar refractivity (Wildman–Crippen MR) is 69.2 cm³/mol. The van der Waals surface area contributed by atoms with Crippen molar-refractivity contribution in [2.45, 2.75) is 6.61 Å². The summed E-state index contributed by atoms with van der Waals surface area (Å²) in [5.41, 5.74) is 6.57. The van der Waals surface area contributed by atoms with E-state index in [2.05, 4.69) is 10.1 Å². The Morgan fingerprint density at radius 2 is 1.95 bits per heavy atom. The van der Waals surface area contributed by atoms with Crippen molar-refractivity contribution in [3.8, 4) is 11.6 Å². The van der Waals surface area contributed by atoms with Crippen LogP contribution in [-0.4, -0.2) is 21.1 Å². The van der Waals surface area contributed by atoms with Crippen molar-refractivity contribution in [3.05, 3.63) is 53.7 Å². The lowest BCUT2D eigenvalue weighted by Crippen LogP contribution is -2.14. The molecule has 0 radical (unpaired) electrons. The summed E-state index contributed by atoms with van der Waals surface area (Å²) in [7, 11) is 0. The van der Waals surface area contributed by atoms with Gasteiger partial charge in [0.1, 0.15) is 11.4 Å². The van der Waals surface area contributed by atoms with Gasteiger partial charge in [0.2, 0.25) is 5.88 Å². The number of benzene rings is 1. The van der Waals surface area contributed by atoms with Crippen LogP contribution in [-0.2, 0) is 6.61 Å². The van der Waals surface area contributed by atoms with Crippen LogP contribution in [0.15, 0.2) is 47.6 Å². The first-order chi connectivity index (χ1) is 9.22. The number of ether oxygens (including phenoxy) is 1. The second-order valence-electron chi connectivity index (χ2n) is 3.75. The lowest BCUT2D eigenvalue weighted by molar-refractivity contribution is 0.281. The van der Waals surface area contributed by atoms with Gasteiger partial charge in [-0.2, -0.15) is 0 Å². The van der Waals surface area contributed by atoms with Gasteiger partial charge in [-0.3, -0.25) is 0 Å². The van der Waals surface area contributed by atoms with Crippen molar-refractivity contribution in [3.63, 3.8) is 0 Å². The minimum atomic E-state index is -0.0823. The number of pyridine rings is 1. The van der Waals surface area contributed by atoms with E-state index >= 15 is 0 Å². The molecule has 0 unspecified atom stereocenters. The Hall–Kier alpha value is -2.60. The Bertz CT molecular complexity index is 582. The normalized spacial score (nSPS) is 11.3. The molecule has 1 aromatic carbocycles. The van der Waals surface area contributed by atoms with Crippen molar-refractivity contribution in [1.82, 2.24) is 4.98 Å². The van der Waals surface area contributed by atoms with Crippen LogP contribution in [0.1, 0.15) is 11.3 Å². The molecule has 2 rings (SSSR count). The van der Waals surface area contributed by atoms with Crippen molar-refractivity contribution < 1.29 is 15.1 Å². The van der Waals surface area contributed by atoms with Gasteiger partial charge in [0.15, 0.2) is 5.84 Å². The number of aliphatic hydroxyl groups is 1. The second-order valence-corrected chi connectivity index (χ2v) is 3.75. The van der Waals surface area contributed by atoms with Crippen molar-refractivity contribution >= 4 is 5.84 Å². The molecule has 19 heavy (non-hydrogen) atoms. The number of oxime groups is 1. The molecule has 0 spiro atoms. The first-order valence-electron chi connectivity index (χ1n) is 5.55. The standard InChI is InChI=1S/C13H13N3O3/c14-13(16-18)11-2-1-3-12(15-11)19-10-6-4-9(8-17)5-7-10/h1-7,17-18H,8H2,(H2,14,16). The molecule has 0 saturated heterocycles. The average Bonchev–Trinajstić information content (AvgIpc) is 2.47. The summed E-state index contributed by atoms with van der Waals surface area (Å²) in [6.45, 7) is -0.0164. The maximum Gasteiger partial charge on any atom is 0.219 e. The zero-order valence-corrected chi connectivity index (χ0v) is 10.0. The molecular formula is C13H13N3O3. The number of hydrogen-bond donors (Lipinski definition) is 3. The summed E-state index contributed by atoms with van der Waals surface area (Å²) in [5.74, 6) is 0.836. The van der Waals surface area contributed by atoms with Crippen LogP contribution in [0, 0.1) is 0 Å². The molecule has 1 aromatic heterocycles. The second kappa shape index (κ2) is 5.83. The van der Waals surface area contributed by atoms with Gasteiger partial charge in [0.25, 0.3) is 0 Å². The SMILES string of the molecule is NC(=NO)c1cccc(Oc2ccc(CO)cc2)n1. The van der Waals surface area contributed by atoms with Gasteiger partial charge in [0.05, 0.1) is 6.61 Å². The molecule has 98 valence electrons. The molecule has 0 aliphatic rings. The fourth-order valence-corrected chi connectivity index (χ4v) is 1.45. The highest BCUT2D eigenvalue weighted by Gasteiger charge is 2.04. The van der Waals surface area contributed by atoms with E-state index in [4.69, 9.17) is 20.8 Å². The Morgan fingerprint density at radius 1 is 1.21 bits per heavy atom. The number of hydrogen-bond acceptors (Lipinski definition) is 5. The van der Waals surface area contributed by atoms with Crippen LogP contribution in [0.25, 0.3) is 0 Å². The van der Waals surface area contributed by atoms with E-state index in [1.165, 1.54) is 0 Å².